The van der Waals surface area contributed by atoms with Crippen molar-refractivity contribution in [2.45, 2.75) is 25.9 Å². The molecule has 0 atom stereocenters. The van der Waals surface area contributed by atoms with Crippen molar-refractivity contribution in [3.05, 3.63) is 79.4 Å². The smallest absolute Gasteiger partial charge is 0.333 e. The van der Waals surface area contributed by atoms with E-state index in [4.69, 9.17) is 32.9 Å². The molecule has 2 aromatic carbocycles. The molecule has 0 radical (unpaired) electrons. The Morgan fingerprint density at radius 3 is 2.43 bits per heavy atom. The van der Waals surface area contributed by atoms with Crippen LogP contribution in [0.4, 0.5) is 0 Å². The van der Waals surface area contributed by atoms with Crippen LogP contribution in [0.25, 0.3) is 28.2 Å². The molecule has 1 N–H and O–H groups in total. The Morgan fingerprint density at radius 2 is 1.76 bits per heavy atom. The van der Waals surface area contributed by atoms with Gasteiger partial charge < -0.3 is 10.1 Å². The van der Waals surface area contributed by atoms with E-state index in [1.54, 1.807) is 47.0 Å². The van der Waals surface area contributed by atoms with E-state index in [0.29, 0.717) is 33.7 Å². The van der Waals surface area contributed by atoms with Gasteiger partial charge in [-0.1, -0.05) is 35.3 Å². The van der Waals surface area contributed by atoms with Gasteiger partial charge in [-0.05, 0) is 68.2 Å². The van der Waals surface area contributed by atoms with Crippen molar-refractivity contribution in [2.24, 2.45) is 5.92 Å². The molecule has 2 aromatic heterocycles. The summed E-state index contributed by atoms with van der Waals surface area (Å²) in [7, 11) is 1.22. The highest BCUT2D eigenvalue weighted by Gasteiger charge is 2.26. The molecule has 0 spiro atoms. The highest BCUT2D eigenvalue weighted by Crippen LogP contribution is 2.32. The average Bonchev–Trinajstić information content (AvgIpc) is 3.30. The molecule has 0 saturated carbocycles. The van der Waals surface area contributed by atoms with Gasteiger partial charge in [0, 0.05) is 22.8 Å². The number of piperidine rings is 1. The lowest BCUT2D eigenvalue weighted by atomic mass is 9.98. The van der Waals surface area contributed by atoms with Crippen LogP contribution in [-0.2, 0) is 22.6 Å². The van der Waals surface area contributed by atoms with E-state index in [1.807, 2.05) is 6.07 Å². The van der Waals surface area contributed by atoms with E-state index in [9.17, 15) is 14.4 Å². The molecule has 1 aliphatic heterocycles. The maximum absolute atomic E-state index is 13.8. The number of carbonyl (C=O) groups is 1. The van der Waals surface area contributed by atoms with Crippen molar-refractivity contribution in [3.8, 4) is 17.1 Å². The Kier molecular flexibility index (Phi) is 7.19. The SMILES string of the molecule is COC(=O)Cn1c(=O)c2c(nc(-c3ccccc3Cl)n2-c2ccc(Cl)cc2)n(CC2CCNCC2)c1=O. The van der Waals surface area contributed by atoms with Gasteiger partial charge in [0.1, 0.15) is 12.4 Å². The lowest BCUT2D eigenvalue weighted by Crippen LogP contribution is -2.43. The van der Waals surface area contributed by atoms with Crippen molar-refractivity contribution in [1.82, 2.24) is 24.0 Å². The molecule has 11 heteroatoms. The zero-order valence-corrected chi connectivity index (χ0v) is 21.6. The van der Waals surface area contributed by atoms with E-state index in [0.717, 1.165) is 30.5 Å². The van der Waals surface area contributed by atoms with Crippen LogP contribution in [-0.4, -0.2) is 44.9 Å². The normalized spacial score (nSPS) is 14.2. The fraction of sp³-hybridized carbons (Fsp3) is 0.308. The number of carbonyl (C=O) groups excluding carboxylic acids is 1. The standard InChI is InChI=1S/C26H25Cl2N5O4/c1-37-21(34)15-32-25(35)22-24(31(26(32)36)14-16-10-12-29-13-11-16)30-23(19-4-2-3-5-20(19)28)33(22)18-8-6-17(27)7-9-18/h2-9,16,29H,10-15H2,1H3. The summed E-state index contributed by atoms with van der Waals surface area (Å²) < 4.78 is 8.86. The molecule has 3 heterocycles. The van der Waals surface area contributed by atoms with Crippen molar-refractivity contribution in [3.63, 3.8) is 0 Å². The Morgan fingerprint density at radius 1 is 1.05 bits per heavy atom. The topological polar surface area (TPSA) is 100 Å². The number of ether oxygens (including phenoxy) is 1. The number of rotatable bonds is 6. The second-order valence-electron chi connectivity index (χ2n) is 8.95. The van der Waals surface area contributed by atoms with Crippen LogP contribution in [0.3, 0.4) is 0 Å². The van der Waals surface area contributed by atoms with E-state index in [2.05, 4.69) is 5.32 Å². The van der Waals surface area contributed by atoms with Gasteiger partial charge in [-0.2, -0.15) is 0 Å². The molecule has 1 aliphatic rings. The van der Waals surface area contributed by atoms with Gasteiger partial charge in [-0.25, -0.2) is 14.3 Å². The van der Waals surface area contributed by atoms with Gasteiger partial charge >= 0.3 is 11.7 Å². The van der Waals surface area contributed by atoms with Gasteiger partial charge in [0.15, 0.2) is 11.2 Å². The number of halogens is 2. The van der Waals surface area contributed by atoms with Gasteiger partial charge in [0.05, 0.1) is 12.1 Å². The number of aromatic nitrogens is 4. The molecule has 0 bridgehead atoms. The minimum atomic E-state index is -0.698. The quantitative estimate of drug-likeness (QED) is 0.375. The van der Waals surface area contributed by atoms with E-state index in [1.165, 1.54) is 11.7 Å². The highest BCUT2D eigenvalue weighted by molar-refractivity contribution is 6.33. The molecular weight excluding hydrogens is 517 g/mol. The van der Waals surface area contributed by atoms with E-state index < -0.39 is 23.8 Å². The summed E-state index contributed by atoms with van der Waals surface area (Å²) in [5.41, 5.74) is 0.348. The first-order valence-electron chi connectivity index (χ1n) is 11.9. The molecule has 0 unspecified atom stereocenters. The summed E-state index contributed by atoms with van der Waals surface area (Å²) >= 11 is 12.7. The molecule has 9 nitrogen and oxygen atoms in total. The Labute approximate surface area is 222 Å². The third-order valence-corrected chi connectivity index (χ3v) is 7.22. The number of hydrogen-bond acceptors (Lipinski definition) is 6. The molecule has 37 heavy (non-hydrogen) atoms. The Hall–Kier alpha value is -3.40. The first kappa shape index (κ1) is 25.3. The van der Waals surface area contributed by atoms with Crippen molar-refractivity contribution < 1.29 is 9.53 Å². The second kappa shape index (κ2) is 10.5. The first-order chi connectivity index (χ1) is 17.9. The summed E-state index contributed by atoms with van der Waals surface area (Å²) in [4.78, 5) is 44.5. The summed E-state index contributed by atoms with van der Waals surface area (Å²) in [6, 6.07) is 14.1. The van der Waals surface area contributed by atoms with E-state index in [-0.39, 0.29) is 17.1 Å². The van der Waals surface area contributed by atoms with Crippen LogP contribution in [0, 0.1) is 5.92 Å². The zero-order valence-electron chi connectivity index (χ0n) is 20.1. The maximum atomic E-state index is 13.8. The number of nitrogens with zero attached hydrogens (tertiary/aromatic N) is 4. The highest BCUT2D eigenvalue weighted by atomic mass is 35.5. The number of hydrogen-bond donors (Lipinski definition) is 1. The van der Waals surface area contributed by atoms with Crippen LogP contribution in [0.1, 0.15) is 12.8 Å². The molecule has 5 rings (SSSR count). The van der Waals surface area contributed by atoms with Gasteiger partial charge in [-0.3, -0.25) is 18.7 Å². The fourth-order valence-electron chi connectivity index (χ4n) is 4.72. The van der Waals surface area contributed by atoms with Crippen molar-refractivity contribution in [1.29, 1.82) is 0 Å². The lowest BCUT2D eigenvalue weighted by Gasteiger charge is -2.23. The lowest BCUT2D eigenvalue weighted by molar-refractivity contribution is -0.141. The molecule has 0 aliphatic carbocycles. The monoisotopic (exact) mass is 541 g/mol. The third-order valence-electron chi connectivity index (χ3n) is 6.64. The number of imidazole rings is 1. The molecule has 192 valence electrons. The van der Waals surface area contributed by atoms with Gasteiger partial charge in [0.2, 0.25) is 0 Å². The predicted octanol–water partition coefficient (Wildman–Crippen LogP) is 3.50. The number of benzene rings is 2. The maximum Gasteiger partial charge on any atom is 0.333 e. The minimum absolute atomic E-state index is 0.162. The second-order valence-corrected chi connectivity index (χ2v) is 9.80. The molecule has 4 aromatic rings. The number of methoxy groups -OCH3 is 1. The largest absolute Gasteiger partial charge is 0.468 e. The Balaban J connectivity index is 1.87. The van der Waals surface area contributed by atoms with Crippen LogP contribution in [0.15, 0.2) is 58.1 Å². The molecule has 1 fully saturated rings. The van der Waals surface area contributed by atoms with Crippen molar-refractivity contribution in [2.75, 3.05) is 20.2 Å². The third kappa shape index (κ3) is 4.82. The average molecular weight is 542 g/mol. The van der Waals surface area contributed by atoms with Crippen molar-refractivity contribution >= 4 is 40.3 Å². The van der Waals surface area contributed by atoms with Crippen LogP contribution < -0.4 is 16.6 Å². The summed E-state index contributed by atoms with van der Waals surface area (Å²) in [6.45, 7) is 1.53. The summed E-state index contributed by atoms with van der Waals surface area (Å²) in [5, 5.41) is 4.29. The van der Waals surface area contributed by atoms with Gasteiger partial charge in [-0.15, -0.1) is 0 Å². The fourth-order valence-corrected chi connectivity index (χ4v) is 5.07. The molecule has 1 saturated heterocycles. The summed E-state index contributed by atoms with van der Waals surface area (Å²) in [5.74, 6) is -0.0965. The van der Waals surface area contributed by atoms with Gasteiger partial charge in [0.25, 0.3) is 5.56 Å². The summed E-state index contributed by atoms with van der Waals surface area (Å²) in [6.07, 6.45) is 1.75. The van der Waals surface area contributed by atoms with Crippen LogP contribution in [0.5, 0.6) is 0 Å². The number of fused-ring (bicyclic) bond motifs is 1. The zero-order chi connectivity index (χ0) is 26.1. The molecule has 0 amide bonds. The first-order valence-corrected chi connectivity index (χ1v) is 12.7. The van der Waals surface area contributed by atoms with Crippen LogP contribution in [0.2, 0.25) is 10.0 Å². The van der Waals surface area contributed by atoms with Crippen LogP contribution >= 0.6 is 23.2 Å². The number of esters is 1. The minimum Gasteiger partial charge on any atom is -0.468 e. The number of nitrogens with one attached hydrogen (secondary N) is 1. The predicted molar refractivity (Wildman–Crippen MR) is 143 cm³/mol. The molecular formula is C26H25Cl2N5O4. The Bertz CT molecular complexity index is 1580. The van der Waals surface area contributed by atoms with E-state index >= 15 is 0 Å².